The average molecular weight is 219 g/mol. The van der Waals surface area contributed by atoms with E-state index in [-0.39, 0.29) is 23.0 Å². The number of ketones is 2. The van der Waals surface area contributed by atoms with Gasteiger partial charge in [-0.2, -0.15) is 0 Å². The van der Waals surface area contributed by atoms with Crippen LogP contribution in [0.15, 0.2) is 23.8 Å². The van der Waals surface area contributed by atoms with Crippen molar-refractivity contribution in [2.45, 2.75) is 19.3 Å². The van der Waals surface area contributed by atoms with Gasteiger partial charge in [0.25, 0.3) is 5.91 Å². The first-order chi connectivity index (χ1) is 7.68. The van der Waals surface area contributed by atoms with Crippen LogP contribution in [0.4, 0.5) is 0 Å². The Morgan fingerprint density at radius 2 is 1.75 bits per heavy atom. The minimum Gasteiger partial charge on any atom is -0.339 e. The summed E-state index contributed by atoms with van der Waals surface area (Å²) in [5.41, 5.74) is 0.00870. The van der Waals surface area contributed by atoms with Crippen LogP contribution >= 0.6 is 0 Å². The Balaban J connectivity index is 2.14. The summed E-state index contributed by atoms with van der Waals surface area (Å²) < 4.78 is 0. The molecule has 0 aromatic rings. The van der Waals surface area contributed by atoms with Gasteiger partial charge in [0.2, 0.25) is 0 Å². The normalized spacial score (nSPS) is 21.0. The Morgan fingerprint density at radius 3 is 2.44 bits per heavy atom. The molecule has 1 heterocycles. The van der Waals surface area contributed by atoms with Crippen LogP contribution in [0.25, 0.3) is 0 Å². The average Bonchev–Trinajstić information content (AvgIpc) is 2.32. The van der Waals surface area contributed by atoms with Crippen LogP contribution < -0.4 is 0 Å². The van der Waals surface area contributed by atoms with E-state index in [9.17, 15) is 14.4 Å². The molecule has 0 bridgehead atoms. The first-order valence-corrected chi connectivity index (χ1v) is 5.46. The molecule has 84 valence electrons. The highest BCUT2D eigenvalue weighted by atomic mass is 16.2. The summed E-state index contributed by atoms with van der Waals surface area (Å²) in [7, 11) is 0. The third kappa shape index (κ3) is 2.10. The van der Waals surface area contributed by atoms with Crippen molar-refractivity contribution in [3.63, 3.8) is 0 Å². The molecule has 0 N–H and O–H groups in total. The van der Waals surface area contributed by atoms with Gasteiger partial charge in [0, 0.05) is 19.2 Å². The van der Waals surface area contributed by atoms with Crippen LogP contribution in [0.5, 0.6) is 0 Å². The number of rotatable bonds is 1. The second-order valence-electron chi connectivity index (χ2n) is 4.01. The van der Waals surface area contributed by atoms with Crippen molar-refractivity contribution in [2.24, 2.45) is 0 Å². The summed E-state index contributed by atoms with van der Waals surface area (Å²) in [6, 6.07) is 0. The molecule has 0 spiro atoms. The lowest BCUT2D eigenvalue weighted by Gasteiger charge is -2.27. The molecule has 0 aromatic carbocycles. The van der Waals surface area contributed by atoms with E-state index < -0.39 is 0 Å². The van der Waals surface area contributed by atoms with E-state index >= 15 is 0 Å². The molecule has 1 saturated heterocycles. The Hall–Kier alpha value is -1.71. The fraction of sp³-hybridized carbons (Fsp3) is 0.417. The summed E-state index contributed by atoms with van der Waals surface area (Å²) in [6.45, 7) is 1.36. The predicted octanol–water partition coefficient (Wildman–Crippen LogP) is 0.633. The maximum absolute atomic E-state index is 12.0. The number of nitrogens with zero attached hydrogens (tertiary/aromatic N) is 1. The zero-order chi connectivity index (χ0) is 11.5. The van der Waals surface area contributed by atoms with Gasteiger partial charge in [-0.3, -0.25) is 14.4 Å². The third-order valence-corrected chi connectivity index (χ3v) is 2.82. The quantitative estimate of drug-likeness (QED) is 0.480. The summed E-state index contributed by atoms with van der Waals surface area (Å²) in [4.78, 5) is 36.2. The monoisotopic (exact) mass is 219 g/mol. The number of carbonyl (C=O) groups excluding carboxylic acids is 3. The van der Waals surface area contributed by atoms with Crippen molar-refractivity contribution in [3.8, 4) is 0 Å². The van der Waals surface area contributed by atoms with Crippen LogP contribution in [-0.2, 0) is 14.4 Å². The SMILES string of the molecule is O=C1C=CC(=O)C(C(=O)N2CCCCC2)=C1. The fourth-order valence-electron chi connectivity index (χ4n) is 1.94. The molecule has 1 fully saturated rings. The number of likely N-dealkylation sites (tertiary alicyclic amines) is 1. The minimum absolute atomic E-state index is 0.00870. The molecule has 0 radical (unpaired) electrons. The standard InChI is InChI=1S/C12H13NO3/c14-9-4-5-11(15)10(8-9)12(16)13-6-2-1-3-7-13/h4-5,8H,1-3,6-7H2. The van der Waals surface area contributed by atoms with Gasteiger partial charge in [0.15, 0.2) is 11.6 Å². The van der Waals surface area contributed by atoms with E-state index in [4.69, 9.17) is 0 Å². The van der Waals surface area contributed by atoms with Gasteiger partial charge in [-0.15, -0.1) is 0 Å². The lowest BCUT2D eigenvalue weighted by atomic mass is 10.0. The first kappa shape index (κ1) is 10.8. The highest BCUT2D eigenvalue weighted by Gasteiger charge is 2.26. The van der Waals surface area contributed by atoms with Crippen molar-refractivity contribution >= 4 is 17.5 Å². The molecule has 1 amide bonds. The largest absolute Gasteiger partial charge is 0.339 e. The Labute approximate surface area is 93.6 Å². The molecule has 16 heavy (non-hydrogen) atoms. The fourth-order valence-corrected chi connectivity index (χ4v) is 1.94. The molecule has 4 heteroatoms. The van der Waals surface area contributed by atoms with Crippen molar-refractivity contribution in [1.29, 1.82) is 0 Å². The van der Waals surface area contributed by atoms with Crippen molar-refractivity contribution in [3.05, 3.63) is 23.8 Å². The second kappa shape index (κ2) is 4.43. The van der Waals surface area contributed by atoms with E-state index in [2.05, 4.69) is 0 Å². The summed E-state index contributed by atoms with van der Waals surface area (Å²) in [6.07, 6.45) is 6.55. The molecule has 0 saturated carbocycles. The highest BCUT2D eigenvalue weighted by Crippen LogP contribution is 2.14. The van der Waals surface area contributed by atoms with Crippen LogP contribution in [0.2, 0.25) is 0 Å². The molecule has 0 aromatic heterocycles. The molecular weight excluding hydrogens is 206 g/mol. The van der Waals surface area contributed by atoms with E-state index in [1.807, 2.05) is 0 Å². The van der Waals surface area contributed by atoms with Crippen molar-refractivity contribution in [2.75, 3.05) is 13.1 Å². The van der Waals surface area contributed by atoms with Crippen LogP contribution in [-0.4, -0.2) is 35.5 Å². The number of hydrogen-bond acceptors (Lipinski definition) is 3. The minimum atomic E-state index is -0.366. The number of hydrogen-bond donors (Lipinski definition) is 0. The molecule has 0 atom stereocenters. The van der Waals surface area contributed by atoms with Gasteiger partial charge >= 0.3 is 0 Å². The van der Waals surface area contributed by atoms with Crippen LogP contribution in [0.3, 0.4) is 0 Å². The number of allylic oxidation sites excluding steroid dienone is 3. The maximum Gasteiger partial charge on any atom is 0.257 e. The van der Waals surface area contributed by atoms with Crippen molar-refractivity contribution < 1.29 is 14.4 Å². The second-order valence-corrected chi connectivity index (χ2v) is 4.01. The van der Waals surface area contributed by atoms with Gasteiger partial charge in [0.1, 0.15) is 0 Å². The van der Waals surface area contributed by atoms with E-state index in [1.165, 1.54) is 12.2 Å². The number of piperidine rings is 1. The molecule has 1 aliphatic carbocycles. The molecule has 2 aliphatic rings. The van der Waals surface area contributed by atoms with Crippen LogP contribution in [0, 0.1) is 0 Å². The van der Waals surface area contributed by atoms with Gasteiger partial charge in [-0.1, -0.05) is 0 Å². The number of carbonyl (C=O) groups is 3. The van der Waals surface area contributed by atoms with Crippen LogP contribution in [0.1, 0.15) is 19.3 Å². The van der Waals surface area contributed by atoms with E-state index in [0.29, 0.717) is 13.1 Å². The van der Waals surface area contributed by atoms with Gasteiger partial charge in [-0.05, 0) is 31.4 Å². The summed E-state index contributed by atoms with van der Waals surface area (Å²) >= 11 is 0. The maximum atomic E-state index is 12.0. The summed E-state index contributed by atoms with van der Waals surface area (Å²) in [5, 5.41) is 0. The van der Waals surface area contributed by atoms with Crippen molar-refractivity contribution in [1.82, 2.24) is 4.90 Å². The predicted molar refractivity (Wildman–Crippen MR) is 57.7 cm³/mol. The molecule has 4 nitrogen and oxygen atoms in total. The van der Waals surface area contributed by atoms with E-state index in [0.717, 1.165) is 25.3 Å². The molecular formula is C12H13NO3. The Bertz CT molecular complexity index is 400. The smallest absolute Gasteiger partial charge is 0.257 e. The third-order valence-electron chi connectivity index (χ3n) is 2.82. The van der Waals surface area contributed by atoms with E-state index in [1.54, 1.807) is 4.90 Å². The Kier molecular flexibility index (Phi) is 2.99. The Morgan fingerprint density at radius 1 is 1.06 bits per heavy atom. The first-order valence-electron chi connectivity index (χ1n) is 5.46. The topological polar surface area (TPSA) is 54.5 Å². The summed E-state index contributed by atoms with van der Waals surface area (Å²) in [5.74, 6) is -0.961. The van der Waals surface area contributed by atoms with Gasteiger partial charge in [-0.25, -0.2) is 0 Å². The van der Waals surface area contributed by atoms with Gasteiger partial charge < -0.3 is 4.90 Å². The molecule has 1 aliphatic heterocycles. The zero-order valence-corrected chi connectivity index (χ0v) is 8.94. The lowest BCUT2D eigenvalue weighted by molar-refractivity contribution is -0.130. The highest BCUT2D eigenvalue weighted by molar-refractivity contribution is 6.30. The number of amides is 1. The van der Waals surface area contributed by atoms with Gasteiger partial charge in [0.05, 0.1) is 5.57 Å². The zero-order valence-electron chi connectivity index (χ0n) is 8.94. The molecule has 2 rings (SSSR count). The lowest BCUT2D eigenvalue weighted by Crippen LogP contribution is -2.38. The molecule has 0 unspecified atom stereocenters.